The van der Waals surface area contributed by atoms with Crippen LogP contribution in [0.25, 0.3) is 0 Å². The van der Waals surface area contributed by atoms with Crippen molar-refractivity contribution in [2.24, 2.45) is 17.6 Å². The second-order valence-corrected chi connectivity index (χ2v) is 13.5. The van der Waals surface area contributed by atoms with E-state index in [2.05, 4.69) is 0 Å². The van der Waals surface area contributed by atoms with Crippen LogP contribution < -0.4 is 5.73 Å². The zero-order valence-electron chi connectivity index (χ0n) is 28.0. The third-order valence-electron chi connectivity index (χ3n) is 9.22. The fraction of sp³-hybridized carbons (Fsp3) is 0.325. The zero-order chi connectivity index (χ0) is 35.3. The lowest BCUT2D eigenvalue weighted by Gasteiger charge is -2.34. The first-order chi connectivity index (χ1) is 24.3. The van der Waals surface area contributed by atoms with E-state index in [0.717, 1.165) is 29.5 Å². The van der Waals surface area contributed by atoms with Gasteiger partial charge in [0.15, 0.2) is 5.78 Å². The van der Waals surface area contributed by atoms with Crippen molar-refractivity contribution in [1.29, 1.82) is 0 Å². The highest BCUT2D eigenvalue weighted by atomic mass is 35.5. The number of halogens is 2. The van der Waals surface area contributed by atoms with Crippen molar-refractivity contribution >= 4 is 41.2 Å². The number of amides is 2. The lowest BCUT2D eigenvalue weighted by Crippen LogP contribution is -2.41. The van der Waals surface area contributed by atoms with Crippen molar-refractivity contribution in [3.05, 3.63) is 141 Å². The van der Waals surface area contributed by atoms with Gasteiger partial charge in [-0.15, -0.1) is 0 Å². The minimum absolute atomic E-state index is 0.0280. The van der Waals surface area contributed by atoms with Gasteiger partial charge in [0.25, 0.3) is 0 Å². The van der Waals surface area contributed by atoms with E-state index in [4.69, 9.17) is 38.4 Å². The number of carbonyl (C=O) groups excluding carboxylic acids is 3. The number of rotatable bonds is 8. The maximum Gasteiger partial charge on any atom is 0.410 e. The van der Waals surface area contributed by atoms with Gasteiger partial charge in [-0.1, -0.05) is 96.0 Å². The number of Topliss-reactive ketones (excluding diaryl/α,β-unsaturated/α-hetero) is 1. The summed E-state index contributed by atoms with van der Waals surface area (Å²) >= 11 is 11.8. The SMILES string of the molecule is NC(c1ccc(Cl)cc1)C1CCN(C(=O)OCc2ccccc2)CC1.O=C(c1ccc(Cl)cc1)C1CCN(C(=O)OCc2ccccc2)CC1. The summed E-state index contributed by atoms with van der Waals surface area (Å²) in [4.78, 5) is 40.3. The first-order valence-electron chi connectivity index (χ1n) is 17.0. The van der Waals surface area contributed by atoms with E-state index in [0.29, 0.717) is 67.2 Å². The molecular formula is C40H43Cl2N3O5. The van der Waals surface area contributed by atoms with Crippen molar-refractivity contribution in [1.82, 2.24) is 9.80 Å². The Morgan fingerprint density at radius 1 is 0.620 bits per heavy atom. The molecule has 2 aliphatic heterocycles. The summed E-state index contributed by atoms with van der Waals surface area (Å²) in [5.74, 6) is 0.424. The fourth-order valence-corrected chi connectivity index (χ4v) is 6.45. The molecule has 262 valence electrons. The predicted molar refractivity (Wildman–Crippen MR) is 196 cm³/mol. The molecule has 2 fully saturated rings. The molecule has 10 heteroatoms. The Morgan fingerprint density at radius 2 is 1.04 bits per heavy atom. The molecule has 0 radical (unpaired) electrons. The Labute approximate surface area is 304 Å². The van der Waals surface area contributed by atoms with E-state index in [1.54, 1.807) is 34.1 Å². The third-order valence-corrected chi connectivity index (χ3v) is 9.73. The van der Waals surface area contributed by atoms with Crippen LogP contribution in [0.2, 0.25) is 10.0 Å². The van der Waals surface area contributed by atoms with Crippen molar-refractivity contribution in [3.63, 3.8) is 0 Å². The van der Waals surface area contributed by atoms with Crippen LogP contribution in [-0.4, -0.2) is 53.9 Å². The van der Waals surface area contributed by atoms with Gasteiger partial charge in [-0.2, -0.15) is 0 Å². The minimum Gasteiger partial charge on any atom is -0.445 e. The highest BCUT2D eigenvalue weighted by molar-refractivity contribution is 6.30. The molecule has 2 aliphatic rings. The molecule has 0 aliphatic carbocycles. The third kappa shape index (κ3) is 10.8. The lowest BCUT2D eigenvalue weighted by molar-refractivity contribution is 0.0713. The molecule has 1 atom stereocenters. The van der Waals surface area contributed by atoms with E-state index >= 15 is 0 Å². The van der Waals surface area contributed by atoms with Gasteiger partial charge >= 0.3 is 12.2 Å². The zero-order valence-corrected chi connectivity index (χ0v) is 29.5. The van der Waals surface area contributed by atoms with Crippen molar-refractivity contribution in [2.45, 2.75) is 44.9 Å². The van der Waals surface area contributed by atoms with Gasteiger partial charge in [0.2, 0.25) is 0 Å². The second kappa shape index (κ2) is 18.6. The minimum atomic E-state index is -0.318. The van der Waals surface area contributed by atoms with Gasteiger partial charge < -0.3 is 25.0 Å². The summed E-state index contributed by atoms with van der Waals surface area (Å²) in [6.45, 7) is 3.02. The van der Waals surface area contributed by atoms with Crippen LogP contribution in [0.1, 0.15) is 58.8 Å². The molecule has 1 unspecified atom stereocenters. The van der Waals surface area contributed by atoms with E-state index in [1.807, 2.05) is 84.9 Å². The molecule has 4 aromatic rings. The number of ether oxygens (including phenoxy) is 2. The maximum atomic E-state index is 12.5. The van der Waals surface area contributed by atoms with Crippen LogP contribution in [0, 0.1) is 11.8 Å². The van der Waals surface area contributed by atoms with Crippen LogP contribution in [0.5, 0.6) is 0 Å². The quantitative estimate of drug-likeness (QED) is 0.183. The van der Waals surface area contributed by atoms with Gasteiger partial charge in [0.1, 0.15) is 13.2 Å². The van der Waals surface area contributed by atoms with Crippen LogP contribution in [0.15, 0.2) is 109 Å². The van der Waals surface area contributed by atoms with Crippen LogP contribution in [-0.2, 0) is 22.7 Å². The molecule has 4 aromatic carbocycles. The summed E-state index contributed by atoms with van der Waals surface area (Å²) < 4.78 is 10.8. The number of carbonyl (C=O) groups is 3. The average molecular weight is 717 g/mol. The van der Waals surface area contributed by atoms with Crippen molar-refractivity contribution in [2.75, 3.05) is 26.2 Å². The Morgan fingerprint density at radius 3 is 1.50 bits per heavy atom. The fourth-order valence-electron chi connectivity index (χ4n) is 6.19. The Kier molecular flexibility index (Phi) is 13.7. The molecule has 2 amide bonds. The molecule has 2 N–H and O–H groups in total. The molecular weight excluding hydrogens is 673 g/mol. The monoisotopic (exact) mass is 715 g/mol. The molecule has 50 heavy (non-hydrogen) atoms. The van der Waals surface area contributed by atoms with Gasteiger partial charge in [0.05, 0.1) is 0 Å². The smallest absolute Gasteiger partial charge is 0.410 e. The van der Waals surface area contributed by atoms with Crippen molar-refractivity contribution in [3.8, 4) is 0 Å². The molecule has 0 bridgehead atoms. The predicted octanol–water partition coefficient (Wildman–Crippen LogP) is 8.96. The van der Waals surface area contributed by atoms with E-state index < -0.39 is 0 Å². The normalized spacial score (nSPS) is 15.7. The van der Waals surface area contributed by atoms with Crippen LogP contribution in [0.4, 0.5) is 9.59 Å². The Hall–Kier alpha value is -4.37. The summed E-state index contributed by atoms with van der Waals surface area (Å²) in [5.41, 5.74) is 10.1. The van der Waals surface area contributed by atoms with E-state index in [1.165, 1.54) is 0 Å². The van der Waals surface area contributed by atoms with Crippen LogP contribution in [0.3, 0.4) is 0 Å². The number of piperidine rings is 2. The number of ketones is 1. The summed E-state index contributed by atoms with van der Waals surface area (Å²) in [6, 6.07) is 33.9. The largest absolute Gasteiger partial charge is 0.445 e. The van der Waals surface area contributed by atoms with Gasteiger partial charge in [-0.25, -0.2) is 9.59 Å². The highest BCUT2D eigenvalue weighted by Gasteiger charge is 2.29. The molecule has 8 nitrogen and oxygen atoms in total. The lowest BCUT2D eigenvalue weighted by atomic mass is 9.86. The number of nitrogens with zero attached hydrogens (tertiary/aromatic N) is 2. The Balaban J connectivity index is 0.000000194. The number of nitrogens with two attached hydrogens (primary N) is 1. The number of hydrogen-bond acceptors (Lipinski definition) is 6. The molecule has 2 saturated heterocycles. The van der Waals surface area contributed by atoms with Crippen molar-refractivity contribution < 1.29 is 23.9 Å². The maximum absolute atomic E-state index is 12.5. The van der Waals surface area contributed by atoms with E-state index in [-0.39, 0.29) is 36.5 Å². The Bertz CT molecular complexity index is 1660. The summed E-state index contributed by atoms with van der Waals surface area (Å²) in [5, 5.41) is 1.33. The molecule has 0 saturated carbocycles. The van der Waals surface area contributed by atoms with Gasteiger partial charge in [-0.3, -0.25) is 4.79 Å². The topological polar surface area (TPSA) is 102 Å². The van der Waals surface area contributed by atoms with Crippen LogP contribution >= 0.6 is 23.2 Å². The highest BCUT2D eigenvalue weighted by Crippen LogP contribution is 2.30. The molecule has 0 spiro atoms. The van der Waals surface area contributed by atoms with Gasteiger partial charge in [0, 0.05) is 53.7 Å². The molecule has 2 heterocycles. The number of likely N-dealkylation sites (tertiary alicyclic amines) is 2. The van der Waals surface area contributed by atoms with Gasteiger partial charge in [-0.05, 0) is 84.7 Å². The first-order valence-corrected chi connectivity index (χ1v) is 17.7. The first kappa shape index (κ1) is 36.9. The number of hydrogen-bond donors (Lipinski definition) is 1. The standard InChI is InChI=1S/C20H23ClN2O2.C20H20ClNO3/c21-18-8-6-16(7-9-18)19(22)17-10-12-23(13-11-17)20(24)25-14-15-4-2-1-3-5-15;21-18-8-6-16(7-9-18)19(23)17-10-12-22(13-11-17)20(24)25-14-15-4-2-1-3-5-15/h1-9,17,19H,10-14,22H2;1-9,17H,10-14H2. The average Bonchev–Trinajstić information content (AvgIpc) is 3.17. The van der Waals surface area contributed by atoms with E-state index in [9.17, 15) is 14.4 Å². The summed E-state index contributed by atoms with van der Waals surface area (Å²) in [7, 11) is 0. The molecule has 6 rings (SSSR count). The number of benzene rings is 4. The molecule has 0 aromatic heterocycles. The second-order valence-electron chi connectivity index (χ2n) is 12.6. The summed E-state index contributed by atoms with van der Waals surface area (Å²) in [6.07, 6.45) is 2.50.